The summed E-state index contributed by atoms with van der Waals surface area (Å²) < 4.78 is 5.47. The number of amides is 1. The van der Waals surface area contributed by atoms with Crippen LogP contribution in [-0.2, 0) is 10.2 Å². The fraction of sp³-hybridized carbons (Fsp3) is 0.562. The van der Waals surface area contributed by atoms with Crippen molar-refractivity contribution in [3.8, 4) is 5.75 Å². The zero-order chi connectivity index (χ0) is 15.0. The Labute approximate surface area is 126 Å². The molecule has 1 aromatic rings. The van der Waals surface area contributed by atoms with Gasteiger partial charge in [0.2, 0.25) is 5.91 Å². The van der Waals surface area contributed by atoms with E-state index in [1.165, 1.54) is 5.56 Å². The molecule has 0 saturated heterocycles. The fourth-order valence-electron chi connectivity index (χ4n) is 2.31. The fourth-order valence-corrected chi connectivity index (χ4v) is 2.67. The van der Waals surface area contributed by atoms with Gasteiger partial charge < -0.3 is 10.1 Å². The standard InChI is InChI=1S/C16H25NO2S/c1-5-16(2,10-11-17-15(18)12-20-4)13-8-6-7-9-14(13)19-3/h6-9H,5,10-12H2,1-4H3,(H,17,18)/t16-/m1/s1. The first kappa shape index (κ1) is 16.9. The number of hydrogen-bond donors (Lipinski definition) is 1. The highest BCUT2D eigenvalue weighted by Crippen LogP contribution is 2.36. The summed E-state index contributed by atoms with van der Waals surface area (Å²) in [5.74, 6) is 1.56. The van der Waals surface area contributed by atoms with Gasteiger partial charge in [-0.3, -0.25) is 4.79 Å². The van der Waals surface area contributed by atoms with E-state index in [1.54, 1.807) is 18.9 Å². The third kappa shape index (κ3) is 4.44. The highest BCUT2D eigenvalue weighted by atomic mass is 32.2. The topological polar surface area (TPSA) is 38.3 Å². The Bertz CT molecular complexity index is 436. The molecule has 1 aromatic carbocycles. The van der Waals surface area contributed by atoms with Gasteiger partial charge in [-0.15, -0.1) is 0 Å². The molecular weight excluding hydrogens is 270 g/mol. The molecule has 0 spiro atoms. The molecule has 0 aromatic heterocycles. The van der Waals surface area contributed by atoms with E-state index in [0.29, 0.717) is 12.3 Å². The van der Waals surface area contributed by atoms with Gasteiger partial charge in [0.1, 0.15) is 5.75 Å². The van der Waals surface area contributed by atoms with Crippen LogP contribution < -0.4 is 10.1 Å². The molecule has 20 heavy (non-hydrogen) atoms. The SMILES string of the molecule is CC[C@](C)(CCNC(=O)CSC)c1ccccc1OC. The molecule has 0 saturated carbocycles. The maximum atomic E-state index is 11.5. The maximum Gasteiger partial charge on any atom is 0.229 e. The maximum absolute atomic E-state index is 11.5. The van der Waals surface area contributed by atoms with E-state index >= 15 is 0 Å². The highest BCUT2D eigenvalue weighted by molar-refractivity contribution is 7.99. The predicted octanol–water partition coefficient (Wildman–Crippen LogP) is 3.23. The number of ether oxygens (including phenoxy) is 1. The summed E-state index contributed by atoms with van der Waals surface area (Å²) >= 11 is 1.54. The summed E-state index contributed by atoms with van der Waals surface area (Å²) in [4.78, 5) is 11.5. The summed E-state index contributed by atoms with van der Waals surface area (Å²) in [5, 5.41) is 2.98. The largest absolute Gasteiger partial charge is 0.496 e. The number of nitrogens with one attached hydrogen (secondary N) is 1. The van der Waals surface area contributed by atoms with Crippen LogP contribution in [0, 0.1) is 0 Å². The smallest absolute Gasteiger partial charge is 0.229 e. The molecule has 0 aliphatic carbocycles. The third-order valence-electron chi connectivity index (χ3n) is 3.81. The zero-order valence-corrected chi connectivity index (χ0v) is 13.7. The predicted molar refractivity (Wildman–Crippen MR) is 86.6 cm³/mol. The number of para-hydroxylation sites is 1. The van der Waals surface area contributed by atoms with Gasteiger partial charge in [-0.1, -0.05) is 32.0 Å². The van der Waals surface area contributed by atoms with Crippen molar-refractivity contribution in [2.75, 3.05) is 25.7 Å². The molecule has 3 nitrogen and oxygen atoms in total. The molecular formula is C16H25NO2S. The first-order valence-corrected chi connectivity index (χ1v) is 8.36. The molecule has 1 amide bonds. The summed E-state index contributed by atoms with van der Waals surface area (Å²) in [6.07, 6.45) is 3.85. The molecule has 0 aliphatic heterocycles. The van der Waals surface area contributed by atoms with Crippen LogP contribution in [0.2, 0.25) is 0 Å². The van der Waals surface area contributed by atoms with Crippen molar-refractivity contribution in [3.05, 3.63) is 29.8 Å². The van der Waals surface area contributed by atoms with Crippen molar-refractivity contribution in [2.24, 2.45) is 0 Å². The quantitative estimate of drug-likeness (QED) is 0.800. The van der Waals surface area contributed by atoms with Crippen LogP contribution in [0.5, 0.6) is 5.75 Å². The van der Waals surface area contributed by atoms with Gasteiger partial charge in [0.15, 0.2) is 0 Å². The van der Waals surface area contributed by atoms with Crippen molar-refractivity contribution in [2.45, 2.75) is 32.1 Å². The van der Waals surface area contributed by atoms with Crippen molar-refractivity contribution in [3.63, 3.8) is 0 Å². The lowest BCUT2D eigenvalue weighted by atomic mass is 9.77. The minimum Gasteiger partial charge on any atom is -0.496 e. The van der Waals surface area contributed by atoms with Crippen LogP contribution in [0.3, 0.4) is 0 Å². The van der Waals surface area contributed by atoms with Crippen LogP contribution in [0.25, 0.3) is 0 Å². The Kier molecular flexibility index (Phi) is 6.93. The van der Waals surface area contributed by atoms with Crippen LogP contribution in [0.15, 0.2) is 24.3 Å². The monoisotopic (exact) mass is 295 g/mol. The van der Waals surface area contributed by atoms with Gasteiger partial charge in [0.05, 0.1) is 12.9 Å². The lowest BCUT2D eigenvalue weighted by molar-refractivity contribution is -0.118. The molecule has 112 valence electrons. The molecule has 0 radical (unpaired) electrons. The van der Waals surface area contributed by atoms with E-state index in [4.69, 9.17) is 4.74 Å². The second kappa shape index (κ2) is 8.20. The van der Waals surface area contributed by atoms with Gasteiger partial charge in [0.25, 0.3) is 0 Å². The number of rotatable bonds is 8. The van der Waals surface area contributed by atoms with Crippen LogP contribution in [0.4, 0.5) is 0 Å². The molecule has 0 aliphatic rings. The molecule has 4 heteroatoms. The summed E-state index contributed by atoms with van der Waals surface area (Å²) in [7, 11) is 1.70. The van der Waals surface area contributed by atoms with E-state index in [9.17, 15) is 4.79 Å². The third-order valence-corrected chi connectivity index (χ3v) is 4.36. The Balaban J connectivity index is 2.73. The molecule has 0 bridgehead atoms. The number of thioether (sulfide) groups is 1. The number of methoxy groups -OCH3 is 1. The van der Waals surface area contributed by atoms with Crippen molar-refractivity contribution >= 4 is 17.7 Å². The van der Waals surface area contributed by atoms with Gasteiger partial charge in [-0.2, -0.15) is 11.8 Å². The normalized spacial score (nSPS) is 13.6. The molecule has 1 N–H and O–H groups in total. The Hall–Kier alpha value is -1.16. The van der Waals surface area contributed by atoms with E-state index < -0.39 is 0 Å². The highest BCUT2D eigenvalue weighted by Gasteiger charge is 2.27. The van der Waals surface area contributed by atoms with Crippen LogP contribution in [-0.4, -0.2) is 31.6 Å². The van der Waals surface area contributed by atoms with Crippen molar-refractivity contribution in [1.82, 2.24) is 5.32 Å². The molecule has 0 fully saturated rings. The van der Waals surface area contributed by atoms with Gasteiger partial charge in [0, 0.05) is 12.1 Å². The lowest BCUT2D eigenvalue weighted by Crippen LogP contribution is -2.32. The molecule has 1 rings (SSSR count). The molecule has 0 heterocycles. The Morgan fingerprint density at radius 3 is 2.70 bits per heavy atom. The Morgan fingerprint density at radius 1 is 1.40 bits per heavy atom. The summed E-state index contributed by atoms with van der Waals surface area (Å²) in [5.41, 5.74) is 1.23. The van der Waals surface area contributed by atoms with E-state index in [-0.39, 0.29) is 11.3 Å². The lowest BCUT2D eigenvalue weighted by Gasteiger charge is -2.30. The Morgan fingerprint density at radius 2 is 2.10 bits per heavy atom. The van der Waals surface area contributed by atoms with Crippen molar-refractivity contribution in [1.29, 1.82) is 0 Å². The van der Waals surface area contributed by atoms with Gasteiger partial charge in [-0.25, -0.2) is 0 Å². The minimum absolute atomic E-state index is 0.0131. The molecule has 0 unspecified atom stereocenters. The first-order chi connectivity index (χ1) is 9.57. The van der Waals surface area contributed by atoms with Crippen molar-refractivity contribution < 1.29 is 9.53 Å². The number of benzene rings is 1. The average molecular weight is 295 g/mol. The van der Waals surface area contributed by atoms with Gasteiger partial charge >= 0.3 is 0 Å². The van der Waals surface area contributed by atoms with E-state index in [0.717, 1.165) is 18.6 Å². The minimum atomic E-state index is 0.0131. The number of carbonyl (C=O) groups is 1. The van der Waals surface area contributed by atoms with Crippen LogP contribution >= 0.6 is 11.8 Å². The number of carbonyl (C=O) groups excluding carboxylic acids is 1. The molecule has 1 atom stereocenters. The average Bonchev–Trinajstić information content (AvgIpc) is 2.47. The van der Waals surface area contributed by atoms with Gasteiger partial charge in [-0.05, 0) is 30.6 Å². The van der Waals surface area contributed by atoms with Crippen LogP contribution in [0.1, 0.15) is 32.3 Å². The second-order valence-corrected chi connectivity index (χ2v) is 6.01. The van der Waals surface area contributed by atoms with E-state index in [1.807, 2.05) is 24.5 Å². The first-order valence-electron chi connectivity index (χ1n) is 6.96. The summed E-state index contributed by atoms with van der Waals surface area (Å²) in [6, 6.07) is 8.14. The second-order valence-electron chi connectivity index (χ2n) is 5.15. The van der Waals surface area contributed by atoms with E-state index in [2.05, 4.69) is 25.2 Å². The zero-order valence-electron chi connectivity index (χ0n) is 12.9. The number of hydrogen-bond acceptors (Lipinski definition) is 3. The summed E-state index contributed by atoms with van der Waals surface area (Å²) in [6.45, 7) is 5.10.